The second-order valence-electron chi connectivity index (χ2n) is 5.72. The molecule has 0 aromatic heterocycles. The fourth-order valence-electron chi connectivity index (χ4n) is 2.50. The Morgan fingerprint density at radius 3 is 2.44 bits per heavy atom. The number of carbonyl (C=O) groups excluding carboxylic acids is 1. The van der Waals surface area contributed by atoms with Crippen LogP contribution >= 0.6 is 15.9 Å². The molecule has 0 spiro atoms. The van der Waals surface area contributed by atoms with Crippen molar-refractivity contribution in [2.75, 3.05) is 6.54 Å². The lowest BCUT2D eigenvalue weighted by Gasteiger charge is -2.16. The molecule has 0 aliphatic rings. The molecule has 0 saturated carbocycles. The van der Waals surface area contributed by atoms with E-state index < -0.39 is 10.0 Å². The molecule has 2 aromatic carbocycles. The number of rotatable bonds is 7. The molecule has 25 heavy (non-hydrogen) atoms. The minimum Gasteiger partial charge on any atom is -0.350 e. The summed E-state index contributed by atoms with van der Waals surface area (Å²) in [5.41, 5.74) is 2.15. The number of amides is 1. The summed E-state index contributed by atoms with van der Waals surface area (Å²) in [4.78, 5) is 12.2. The number of aryl methyl sites for hydroxylation is 1. The van der Waals surface area contributed by atoms with Gasteiger partial charge in [0.05, 0.1) is 10.9 Å². The Morgan fingerprint density at radius 1 is 1.12 bits per heavy atom. The van der Waals surface area contributed by atoms with E-state index in [1.165, 1.54) is 6.07 Å². The van der Waals surface area contributed by atoms with E-state index in [0.717, 1.165) is 11.1 Å². The quantitative estimate of drug-likeness (QED) is 0.715. The highest BCUT2D eigenvalue weighted by molar-refractivity contribution is 9.10. The Hall–Kier alpha value is -1.70. The lowest BCUT2D eigenvalue weighted by atomic mass is 10.0. The van der Waals surface area contributed by atoms with Gasteiger partial charge in [0.15, 0.2) is 0 Å². The molecule has 7 heteroatoms. The minimum absolute atomic E-state index is 0.0377. The molecule has 0 fully saturated rings. The number of hydrogen-bond acceptors (Lipinski definition) is 3. The van der Waals surface area contributed by atoms with Gasteiger partial charge < -0.3 is 5.32 Å². The summed E-state index contributed by atoms with van der Waals surface area (Å²) < 4.78 is 27.4. The van der Waals surface area contributed by atoms with Crippen molar-refractivity contribution >= 4 is 31.9 Å². The van der Waals surface area contributed by atoms with Gasteiger partial charge in [-0.15, -0.1) is 0 Å². The van der Waals surface area contributed by atoms with Gasteiger partial charge in [-0.05, 0) is 53.0 Å². The van der Waals surface area contributed by atoms with Crippen LogP contribution in [0.25, 0.3) is 0 Å². The summed E-state index contributed by atoms with van der Waals surface area (Å²) >= 11 is 3.22. The Bertz CT molecular complexity index is 853. The molecule has 0 radical (unpaired) electrons. The maximum Gasteiger partial charge on any atom is 0.241 e. The molecular formula is C18H21BrN2O3S. The van der Waals surface area contributed by atoms with Crippen LogP contribution in [0.15, 0.2) is 57.9 Å². The largest absolute Gasteiger partial charge is 0.350 e. The van der Waals surface area contributed by atoms with Gasteiger partial charge in [0, 0.05) is 17.4 Å². The first-order valence-electron chi connectivity index (χ1n) is 7.90. The van der Waals surface area contributed by atoms with E-state index in [9.17, 15) is 13.2 Å². The zero-order valence-corrected chi connectivity index (χ0v) is 16.5. The zero-order valence-electron chi connectivity index (χ0n) is 14.1. The third kappa shape index (κ3) is 5.39. The summed E-state index contributed by atoms with van der Waals surface area (Å²) in [6.45, 7) is 3.94. The van der Waals surface area contributed by atoms with Crippen LogP contribution < -0.4 is 10.0 Å². The molecule has 0 aliphatic carbocycles. The summed E-state index contributed by atoms with van der Waals surface area (Å²) in [6, 6.07) is 14.3. The van der Waals surface area contributed by atoms with Gasteiger partial charge in [-0.3, -0.25) is 4.79 Å². The number of nitrogens with one attached hydrogen (secondary N) is 2. The summed E-state index contributed by atoms with van der Waals surface area (Å²) in [7, 11) is -3.65. The van der Waals surface area contributed by atoms with Crippen molar-refractivity contribution in [1.82, 2.24) is 10.0 Å². The van der Waals surface area contributed by atoms with Gasteiger partial charge in [-0.2, -0.15) is 0 Å². The third-order valence-electron chi connectivity index (χ3n) is 3.80. The molecule has 0 bridgehead atoms. The van der Waals surface area contributed by atoms with Gasteiger partial charge in [-0.1, -0.05) is 36.4 Å². The van der Waals surface area contributed by atoms with E-state index in [-0.39, 0.29) is 29.8 Å². The molecule has 1 unspecified atom stereocenters. The van der Waals surface area contributed by atoms with E-state index >= 15 is 0 Å². The second-order valence-corrected chi connectivity index (χ2v) is 8.31. The first-order chi connectivity index (χ1) is 11.8. The van der Waals surface area contributed by atoms with E-state index in [2.05, 4.69) is 26.0 Å². The molecule has 2 aromatic rings. The maximum absolute atomic E-state index is 12.3. The number of halogens is 1. The first kappa shape index (κ1) is 19.6. The monoisotopic (exact) mass is 424 g/mol. The highest BCUT2D eigenvalue weighted by atomic mass is 79.9. The number of benzene rings is 2. The SMILES string of the molecule is Cc1ccccc1C(C)NC(=O)CCNS(=O)(=O)c1ccccc1Br. The van der Waals surface area contributed by atoms with Crippen molar-refractivity contribution in [3.63, 3.8) is 0 Å². The fourth-order valence-corrected chi connectivity index (χ4v) is 4.54. The predicted octanol–water partition coefficient (Wildman–Crippen LogP) is 3.30. The molecule has 1 atom stereocenters. The summed E-state index contributed by atoms with van der Waals surface area (Å²) in [5, 5.41) is 2.89. The van der Waals surface area contributed by atoms with E-state index in [1.54, 1.807) is 18.2 Å². The molecule has 0 heterocycles. The molecule has 2 rings (SSSR count). The fraction of sp³-hybridized carbons (Fsp3) is 0.278. The van der Waals surface area contributed by atoms with Crippen LogP contribution in [0.4, 0.5) is 0 Å². The van der Waals surface area contributed by atoms with E-state index in [0.29, 0.717) is 4.47 Å². The van der Waals surface area contributed by atoms with Crippen LogP contribution in [0, 0.1) is 6.92 Å². The maximum atomic E-state index is 12.3. The van der Waals surface area contributed by atoms with Crippen LogP contribution in [-0.2, 0) is 14.8 Å². The normalized spacial score (nSPS) is 12.6. The molecule has 0 aliphatic heterocycles. The van der Waals surface area contributed by atoms with E-state index in [4.69, 9.17) is 0 Å². The Morgan fingerprint density at radius 2 is 1.76 bits per heavy atom. The summed E-state index contributed by atoms with van der Waals surface area (Å²) in [5.74, 6) is -0.203. The molecule has 0 saturated heterocycles. The van der Waals surface area contributed by atoms with Crippen LogP contribution in [0.5, 0.6) is 0 Å². The van der Waals surface area contributed by atoms with Crippen molar-refractivity contribution < 1.29 is 13.2 Å². The molecule has 5 nitrogen and oxygen atoms in total. The number of hydrogen-bond donors (Lipinski definition) is 2. The van der Waals surface area contributed by atoms with Gasteiger partial charge in [-0.25, -0.2) is 13.1 Å². The zero-order chi connectivity index (χ0) is 18.4. The number of carbonyl (C=O) groups is 1. The lowest BCUT2D eigenvalue weighted by molar-refractivity contribution is -0.121. The second kappa shape index (κ2) is 8.60. The van der Waals surface area contributed by atoms with Crippen molar-refractivity contribution in [1.29, 1.82) is 0 Å². The standard InChI is InChI=1S/C18H21BrN2O3S/c1-13-7-3-4-8-15(13)14(2)21-18(22)11-12-20-25(23,24)17-10-6-5-9-16(17)19/h3-10,14,20H,11-12H2,1-2H3,(H,21,22). The van der Waals surface area contributed by atoms with Crippen molar-refractivity contribution in [2.24, 2.45) is 0 Å². The predicted molar refractivity (Wildman–Crippen MR) is 102 cm³/mol. The van der Waals surface area contributed by atoms with Crippen molar-refractivity contribution in [3.8, 4) is 0 Å². The smallest absolute Gasteiger partial charge is 0.241 e. The molecule has 134 valence electrons. The Labute approximate surface area is 157 Å². The topological polar surface area (TPSA) is 75.3 Å². The summed E-state index contributed by atoms with van der Waals surface area (Å²) in [6.07, 6.45) is 0.0693. The van der Waals surface area contributed by atoms with Gasteiger partial charge >= 0.3 is 0 Å². The Balaban J connectivity index is 1.88. The molecule has 2 N–H and O–H groups in total. The van der Waals surface area contributed by atoms with Gasteiger partial charge in [0.1, 0.15) is 0 Å². The van der Waals surface area contributed by atoms with Gasteiger partial charge in [0.25, 0.3) is 0 Å². The van der Waals surface area contributed by atoms with E-state index in [1.807, 2.05) is 38.1 Å². The van der Waals surface area contributed by atoms with Crippen LogP contribution in [0.1, 0.15) is 30.5 Å². The van der Waals surface area contributed by atoms with Crippen molar-refractivity contribution in [3.05, 3.63) is 64.1 Å². The highest BCUT2D eigenvalue weighted by Crippen LogP contribution is 2.20. The van der Waals surface area contributed by atoms with Gasteiger partial charge in [0.2, 0.25) is 15.9 Å². The number of sulfonamides is 1. The lowest BCUT2D eigenvalue weighted by Crippen LogP contribution is -2.32. The van der Waals surface area contributed by atoms with Crippen molar-refractivity contribution in [2.45, 2.75) is 31.2 Å². The average Bonchev–Trinajstić information content (AvgIpc) is 2.55. The third-order valence-corrected chi connectivity index (χ3v) is 6.28. The molecular weight excluding hydrogens is 404 g/mol. The Kier molecular flexibility index (Phi) is 6.75. The minimum atomic E-state index is -3.65. The van der Waals surface area contributed by atoms with Crippen LogP contribution in [0.2, 0.25) is 0 Å². The average molecular weight is 425 g/mol. The van der Waals surface area contributed by atoms with Crippen LogP contribution in [-0.4, -0.2) is 20.9 Å². The van der Waals surface area contributed by atoms with Crippen LogP contribution in [0.3, 0.4) is 0 Å². The molecule has 1 amide bonds. The highest BCUT2D eigenvalue weighted by Gasteiger charge is 2.17. The first-order valence-corrected chi connectivity index (χ1v) is 10.2.